The van der Waals surface area contributed by atoms with Gasteiger partial charge < -0.3 is 29.2 Å². The maximum atomic E-state index is 5.81. The van der Waals surface area contributed by atoms with Crippen molar-refractivity contribution in [1.29, 1.82) is 0 Å². The lowest BCUT2D eigenvalue weighted by Crippen LogP contribution is -2.16. The van der Waals surface area contributed by atoms with E-state index in [2.05, 4.69) is 9.55 Å². The highest BCUT2D eigenvalue weighted by molar-refractivity contribution is 5.80. The van der Waals surface area contributed by atoms with Gasteiger partial charge in [0.2, 0.25) is 0 Å². The third kappa shape index (κ3) is 3.01. The zero-order valence-corrected chi connectivity index (χ0v) is 12.7. The number of nitrogens with two attached hydrogens (primary N) is 1. The molecule has 2 aromatic rings. The van der Waals surface area contributed by atoms with Gasteiger partial charge in [-0.25, -0.2) is 4.98 Å². The Kier molecular flexibility index (Phi) is 4.77. The van der Waals surface area contributed by atoms with Crippen LogP contribution in [0.25, 0.3) is 11.0 Å². The topological polar surface area (TPSA) is 80.8 Å². The highest BCUT2D eigenvalue weighted by Gasteiger charge is 2.17. The second-order valence-electron chi connectivity index (χ2n) is 4.97. The molecule has 2 heterocycles. The molecule has 0 fully saturated rings. The molecule has 22 heavy (non-hydrogen) atoms. The van der Waals surface area contributed by atoms with Gasteiger partial charge in [-0.1, -0.05) is 0 Å². The van der Waals surface area contributed by atoms with Crippen molar-refractivity contribution in [2.24, 2.45) is 5.73 Å². The van der Waals surface area contributed by atoms with Gasteiger partial charge in [0.25, 0.3) is 0 Å². The Morgan fingerprint density at radius 2 is 1.95 bits per heavy atom. The monoisotopic (exact) mass is 307 g/mol. The molecule has 7 heteroatoms. The van der Waals surface area contributed by atoms with E-state index in [1.54, 1.807) is 7.11 Å². The quantitative estimate of drug-likeness (QED) is 0.766. The summed E-state index contributed by atoms with van der Waals surface area (Å²) in [5.41, 5.74) is 7.66. The highest BCUT2D eigenvalue weighted by atomic mass is 16.6. The molecule has 1 aliphatic rings. The van der Waals surface area contributed by atoms with Crippen LogP contribution in [0.15, 0.2) is 12.1 Å². The molecule has 3 rings (SSSR count). The molecular weight excluding hydrogens is 286 g/mol. The van der Waals surface area contributed by atoms with E-state index in [1.807, 2.05) is 12.1 Å². The fourth-order valence-corrected chi connectivity index (χ4v) is 2.52. The number of nitrogens with zero attached hydrogens (tertiary/aromatic N) is 2. The number of fused-ring (bicyclic) bond motifs is 2. The maximum Gasteiger partial charge on any atom is 0.163 e. The molecule has 0 saturated carbocycles. The molecule has 0 spiro atoms. The second kappa shape index (κ2) is 6.95. The molecule has 0 amide bonds. The van der Waals surface area contributed by atoms with E-state index in [9.17, 15) is 0 Å². The third-order valence-corrected chi connectivity index (χ3v) is 3.56. The van der Waals surface area contributed by atoms with Gasteiger partial charge >= 0.3 is 0 Å². The summed E-state index contributed by atoms with van der Waals surface area (Å²) in [4.78, 5) is 4.58. The van der Waals surface area contributed by atoms with Crippen LogP contribution in [0.1, 0.15) is 5.82 Å². The van der Waals surface area contributed by atoms with Gasteiger partial charge in [-0.2, -0.15) is 0 Å². The minimum absolute atomic E-state index is 0.374. The number of rotatable bonds is 7. The van der Waals surface area contributed by atoms with Crippen LogP contribution >= 0.6 is 0 Å². The predicted molar refractivity (Wildman–Crippen MR) is 81.3 cm³/mol. The van der Waals surface area contributed by atoms with Crippen LogP contribution in [0, 0.1) is 0 Å². The Hall–Kier alpha value is -1.83. The summed E-state index contributed by atoms with van der Waals surface area (Å²) in [5.74, 6) is 2.32. The minimum Gasteiger partial charge on any atom is -0.486 e. The number of hydrogen-bond donors (Lipinski definition) is 1. The average Bonchev–Trinajstić information content (AvgIpc) is 2.89. The second-order valence-corrected chi connectivity index (χ2v) is 4.97. The maximum absolute atomic E-state index is 5.81. The van der Waals surface area contributed by atoms with E-state index >= 15 is 0 Å². The van der Waals surface area contributed by atoms with Crippen molar-refractivity contribution in [2.45, 2.75) is 13.1 Å². The van der Waals surface area contributed by atoms with E-state index in [4.69, 9.17) is 24.7 Å². The Labute approximate surface area is 128 Å². The fraction of sp³-hybridized carbons (Fsp3) is 0.533. The summed E-state index contributed by atoms with van der Waals surface area (Å²) in [7, 11) is 1.66. The van der Waals surface area contributed by atoms with Gasteiger partial charge in [-0.05, 0) is 0 Å². The predicted octanol–water partition coefficient (Wildman–Crippen LogP) is 0.929. The van der Waals surface area contributed by atoms with Crippen LogP contribution < -0.4 is 15.2 Å². The van der Waals surface area contributed by atoms with E-state index in [0.717, 1.165) is 28.4 Å². The van der Waals surface area contributed by atoms with Crippen molar-refractivity contribution in [1.82, 2.24) is 9.55 Å². The zero-order chi connectivity index (χ0) is 15.4. The summed E-state index contributed by atoms with van der Waals surface area (Å²) in [6.45, 7) is 3.94. The van der Waals surface area contributed by atoms with Gasteiger partial charge in [0, 0.05) is 25.8 Å². The van der Waals surface area contributed by atoms with Crippen LogP contribution in [-0.2, 0) is 22.6 Å². The summed E-state index contributed by atoms with van der Waals surface area (Å²) in [6.07, 6.45) is 0. The van der Waals surface area contributed by atoms with Crippen molar-refractivity contribution in [2.75, 3.05) is 40.1 Å². The molecule has 7 nitrogen and oxygen atoms in total. The van der Waals surface area contributed by atoms with Crippen molar-refractivity contribution < 1.29 is 18.9 Å². The fourth-order valence-electron chi connectivity index (χ4n) is 2.52. The molecule has 0 saturated heterocycles. The molecule has 2 N–H and O–H groups in total. The van der Waals surface area contributed by atoms with Gasteiger partial charge in [0.15, 0.2) is 11.5 Å². The van der Waals surface area contributed by atoms with Crippen LogP contribution in [0.2, 0.25) is 0 Å². The highest BCUT2D eigenvalue weighted by Crippen LogP contribution is 2.34. The van der Waals surface area contributed by atoms with Crippen LogP contribution in [0.5, 0.6) is 11.5 Å². The lowest BCUT2D eigenvalue weighted by atomic mass is 10.2. The first kappa shape index (κ1) is 15.1. The molecular formula is C15H21N3O4. The summed E-state index contributed by atoms with van der Waals surface area (Å²) in [6, 6.07) is 3.87. The lowest BCUT2D eigenvalue weighted by Gasteiger charge is -2.18. The SMILES string of the molecule is COCCOCCn1c(CN)nc2cc3c(cc21)OCCO3. The summed E-state index contributed by atoms with van der Waals surface area (Å²) < 4.78 is 23.8. The molecule has 1 aromatic carbocycles. The normalized spacial score (nSPS) is 13.7. The van der Waals surface area contributed by atoms with Gasteiger partial charge in [-0.3, -0.25) is 0 Å². The first-order valence-corrected chi connectivity index (χ1v) is 7.39. The van der Waals surface area contributed by atoms with E-state index in [0.29, 0.717) is 46.1 Å². The molecule has 0 atom stereocenters. The first-order valence-electron chi connectivity index (χ1n) is 7.39. The number of benzene rings is 1. The number of aromatic nitrogens is 2. The number of imidazole rings is 1. The molecule has 0 radical (unpaired) electrons. The van der Waals surface area contributed by atoms with Gasteiger partial charge in [0.1, 0.15) is 19.0 Å². The summed E-state index contributed by atoms with van der Waals surface area (Å²) >= 11 is 0. The summed E-state index contributed by atoms with van der Waals surface area (Å²) in [5, 5.41) is 0. The third-order valence-electron chi connectivity index (χ3n) is 3.56. The van der Waals surface area contributed by atoms with Crippen molar-refractivity contribution >= 4 is 11.0 Å². The largest absolute Gasteiger partial charge is 0.486 e. The van der Waals surface area contributed by atoms with Crippen molar-refractivity contribution in [3.8, 4) is 11.5 Å². The lowest BCUT2D eigenvalue weighted by molar-refractivity contribution is 0.0667. The van der Waals surface area contributed by atoms with Crippen LogP contribution in [0.4, 0.5) is 0 Å². The molecule has 1 aromatic heterocycles. The Morgan fingerprint density at radius 3 is 2.68 bits per heavy atom. The molecule has 1 aliphatic heterocycles. The number of ether oxygens (including phenoxy) is 4. The van der Waals surface area contributed by atoms with E-state index in [1.165, 1.54) is 0 Å². The Bertz CT molecular complexity index is 641. The standard InChI is InChI=1S/C15H21N3O4/c1-19-4-5-20-3-2-18-12-9-14-13(21-6-7-22-14)8-11(12)17-15(18)10-16/h8-9H,2-7,10,16H2,1H3. The van der Waals surface area contributed by atoms with Crippen LogP contribution in [0.3, 0.4) is 0 Å². The molecule has 0 aliphatic carbocycles. The number of hydrogen-bond acceptors (Lipinski definition) is 6. The Morgan fingerprint density at radius 1 is 1.18 bits per heavy atom. The molecule has 0 bridgehead atoms. The first-order chi connectivity index (χ1) is 10.8. The number of methoxy groups -OCH3 is 1. The molecule has 0 unspecified atom stereocenters. The smallest absolute Gasteiger partial charge is 0.163 e. The molecule has 120 valence electrons. The van der Waals surface area contributed by atoms with Gasteiger partial charge in [-0.15, -0.1) is 0 Å². The Balaban J connectivity index is 1.83. The average molecular weight is 307 g/mol. The van der Waals surface area contributed by atoms with E-state index < -0.39 is 0 Å². The zero-order valence-electron chi connectivity index (χ0n) is 12.7. The minimum atomic E-state index is 0.374. The van der Waals surface area contributed by atoms with Crippen LogP contribution in [-0.4, -0.2) is 49.7 Å². The van der Waals surface area contributed by atoms with Crippen molar-refractivity contribution in [3.05, 3.63) is 18.0 Å². The van der Waals surface area contributed by atoms with Crippen molar-refractivity contribution in [3.63, 3.8) is 0 Å². The van der Waals surface area contributed by atoms with E-state index in [-0.39, 0.29) is 0 Å². The van der Waals surface area contributed by atoms with Gasteiger partial charge in [0.05, 0.1) is 37.4 Å².